The number of nitrogens with two attached hydrogens (primary N) is 2. The smallest absolute Gasteiger partial charge is 0.217 e. The average molecular weight is 274 g/mol. The average Bonchev–Trinajstić information content (AvgIpc) is 2.20. The third kappa shape index (κ3) is 3.44. The van der Waals surface area contributed by atoms with E-state index >= 15 is 0 Å². The maximum atomic E-state index is 10.9. The minimum atomic E-state index is -0.102. The summed E-state index contributed by atoms with van der Waals surface area (Å²) in [7, 11) is 0. The van der Waals surface area contributed by atoms with E-state index in [4.69, 9.17) is 23.1 Å². The molecular weight excluding hydrogens is 258 g/mol. The molecule has 0 radical (unpaired) electrons. The molecule has 0 aliphatic heterocycles. The lowest BCUT2D eigenvalue weighted by molar-refractivity contribution is -0.119. The Balaban J connectivity index is 2.99. The summed E-state index contributed by atoms with van der Waals surface area (Å²) >= 11 is 7.50. The second-order valence-corrected chi connectivity index (χ2v) is 5.53. The number of nitrogens with one attached hydrogen (secondary N) is 1. The highest BCUT2D eigenvalue weighted by molar-refractivity contribution is 8.00. The number of carbonyl (C=O) groups is 1. The number of carbonyl (C=O) groups excluding carboxylic acids is 1. The van der Waals surface area contributed by atoms with Gasteiger partial charge in [-0.25, -0.2) is 0 Å². The van der Waals surface area contributed by atoms with Crippen LogP contribution in [0.4, 0.5) is 11.4 Å². The van der Waals surface area contributed by atoms with Crippen LogP contribution in [0, 0.1) is 6.92 Å². The molecule has 1 rings (SSSR count). The summed E-state index contributed by atoms with van der Waals surface area (Å²) < 4.78 is 0. The fraction of sp³-hybridized carbons (Fsp3) is 0.364. The van der Waals surface area contributed by atoms with E-state index in [1.54, 1.807) is 6.07 Å². The Hall–Kier alpha value is -1.07. The first-order valence-corrected chi connectivity index (χ1v) is 6.36. The Morgan fingerprint density at radius 1 is 1.53 bits per heavy atom. The molecule has 0 saturated heterocycles. The SMILES string of the molecule is CC(=O)NC(C)Sc1c(Cl)cc(N)c(C)c1N. The third-order valence-electron chi connectivity index (χ3n) is 2.28. The standard InChI is InChI=1S/C11H16ClN3OS/c1-5-9(13)4-8(12)11(10(5)14)17-7(3)15-6(2)16/h4,7H,13-14H2,1-3H3,(H,15,16). The van der Waals surface area contributed by atoms with Crippen molar-refractivity contribution in [2.75, 3.05) is 11.5 Å². The molecule has 5 N–H and O–H groups in total. The molecule has 0 heterocycles. The van der Waals surface area contributed by atoms with Crippen LogP contribution in [0.15, 0.2) is 11.0 Å². The molecular formula is C11H16ClN3OS. The fourth-order valence-corrected chi connectivity index (χ4v) is 2.76. The van der Waals surface area contributed by atoms with Crippen molar-refractivity contribution in [1.29, 1.82) is 0 Å². The Bertz CT molecular complexity index is 451. The molecule has 94 valence electrons. The number of hydrogen-bond donors (Lipinski definition) is 3. The molecule has 17 heavy (non-hydrogen) atoms. The maximum absolute atomic E-state index is 10.9. The molecule has 0 aromatic heterocycles. The zero-order valence-electron chi connectivity index (χ0n) is 10.0. The van der Waals surface area contributed by atoms with Gasteiger partial charge in [-0.3, -0.25) is 4.79 Å². The highest BCUT2D eigenvalue weighted by atomic mass is 35.5. The van der Waals surface area contributed by atoms with Crippen molar-refractivity contribution in [3.63, 3.8) is 0 Å². The number of hydrogen-bond acceptors (Lipinski definition) is 4. The van der Waals surface area contributed by atoms with Crippen LogP contribution in [0.3, 0.4) is 0 Å². The number of benzene rings is 1. The molecule has 1 aromatic carbocycles. The molecule has 1 amide bonds. The minimum Gasteiger partial charge on any atom is -0.398 e. The number of nitrogen functional groups attached to an aromatic ring is 2. The lowest BCUT2D eigenvalue weighted by Gasteiger charge is -2.17. The van der Waals surface area contributed by atoms with E-state index in [0.29, 0.717) is 16.4 Å². The normalized spacial score (nSPS) is 12.2. The number of halogens is 1. The number of amides is 1. The summed E-state index contributed by atoms with van der Waals surface area (Å²) in [5, 5.41) is 3.16. The van der Waals surface area contributed by atoms with Crippen molar-refractivity contribution in [3.8, 4) is 0 Å². The maximum Gasteiger partial charge on any atom is 0.217 e. The van der Waals surface area contributed by atoms with Gasteiger partial charge in [-0.05, 0) is 25.5 Å². The second-order valence-electron chi connectivity index (χ2n) is 3.78. The lowest BCUT2D eigenvalue weighted by Crippen LogP contribution is -2.27. The van der Waals surface area contributed by atoms with Crippen LogP contribution < -0.4 is 16.8 Å². The van der Waals surface area contributed by atoms with Gasteiger partial charge in [-0.1, -0.05) is 23.4 Å². The molecule has 1 atom stereocenters. The van der Waals surface area contributed by atoms with Gasteiger partial charge in [0.1, 0.15) is 0 Å². The summed E-state index contributed by atoms with van der Waals surface area (Å²) in [6, 6.07) is 1.68. The van der Waals surface area contributed by atoms with E-state index in [-0.39, 0.29) is 11.3 Å². The topological polar surface area (TPSA) is 81.1 Å². The van der Waals surface area contributed by atoms with Gasteiger partial charge in [-0.2, -0.15) is 0 Å². The molecule has 0 fully saturated rings. The first kappa shape index (κ1) is 14.0. The zero-order chi connectivity index (χ0) is 13.2. The molecule has 0 aliphatic rings. The lowest BCUT2D eigenvalue weighted by atomic mass is 10.1. The van der Waals surface area contributed by atoms with Crippen LogP contribution in [0.25, 0.3) is 0 Å². The van der Waals surface area contributed by atoms with Crippen molar-refractivity contribution in [1.82, 2.24) is 5.32 Å². The van der Waals surface area contributed by atoms with Crippen molar-refractivity contribution in [2.24, 2.45) is 0 Å². The van der Waals surface area contributed by atoms with E-state index in [1.807, 2.05) is 13.8 Å². The predicted octanol–water partition coefficient (Wildman–Crippen LogP) is 2.39. The highest BCUT2D eigenvalue weighted by Gasteiger charge is 2.14. The second kappa shape index (κ2) is 5.51. The minimum absolute atomic E-state index is 0.0909. The Morgan fingerprint density at radius 3 is 2.65 bits per heavy atom. The number of thioether (sulfide) groups is 1. The summed E-state index contributed by atoms with van der Waals surface area (Å²) in [6.07, 6.45) is 0. The van der Waals surface area contributed by atoms with E-state index in [2.05, 4.69) is 5.32 Å². The van der Waals surface area contributed by atoms with Crippen LogP contribution in [-0.4, -0.2) is 11.3 Å². The molecule has 4 nitrogen and oxygen atoms in total. The van der Waals surface area contributed by atoms with Gasteiger partial charge >= 0.3 is 0 Å². The van der Waals surface area contributed by atoms with E-state index in [9.17, 15) is 4.79 Å². The van der Waals surface area contributed by atoms with Crippen molar-refractivity contribution in [2.45, 2.75) is 31.0 Å². The van der Waals surface area contributed by atoms with Crippen LogP contribution >= 0.6 is 23.4 Å². The largest absolute Gasteiger partial charge is 0.398 e. The molecule has 0 spiro atoms. The molecule has 1 unspecified atom stereocenters. The van der Waals surface area contributed by atoms with Crippen LogP contribution in [0.2, 0.25) is 5.02 Å². The zero-order valence-corrected chi connectivity index (χ0v) is 11.6. The fourth-order valence-electron chi connectivity index (χ4n) is 1.38. The van der Waals surface area contributed by atoms with Crippen LogP contribution in [0.1, 0.15) is 19.4 Å². The van der Waals surface area contributed by atoms with Crippen molar-refractivity contribution in [3.05, 3.63) is 16.7 Å². The van der Waals surface area contributed by atoms with Gasteiger partial charge < -0.3 is 16.8 Å². The van der Waals surface area contributed by atoms with Gasteiger partial charge in [0.05, 0.1) is 21.0 Å². The Morgan fingerprint density at radius 2 is 2.12 bits per heavy atom. The highest BCUT2D eigenvalue weighted by Crippen LogP contribution is 2.38. The van der Waals surface area contributed by atoms with Gasteiger partial charge in [0.15, 0.2) is 0 Å². The monoisotopic (exact) mass is 273 g/mol. The van der Waals surface area contributed by atoms with Gasteiger partial charge in [0.25, 0.3) is 0 Å². The van der Waals surface area contributed by atoms with Gasteiger partial charge in [0, 0.05) is 12.6 Å². The first-order chi connectivity index (χ1) is 7.82. The summed E-state index contributed by atoms with van der Waals surface area (Å²) in [5.74, 6) is -0.0909. The van der Waals surface area contributed by atoms with E-state index in [0.717, 1.165) is 10.5 Å². The number of anilines is 2. The summed E-state index contributed by atoms with van der Waals surface area (Å²) in [5.41, 5.74) is 13.7. The first-order valence-electron chi connectivity index (χ1n) is 5.10. The van der Waals surface area contributed by atoms with Crippen LogP contribution in [0.5, 0.6) is 0 Å². The predicted molar refractivity (Wildman–Crippen MR) is 74.1 cm³/mol. The molecule has 0 bridgehead atoms. The molecule has 0 saturated carbocycles. The Labute approximate surface area is 110 Å². The van der Waals surface area contributed by atoms with E-state index in [1.165, 1.54) is 18.7 Å². The van der Waals surface area contributed by atoms with Crippen molar-refractivity contribution < 1.29 is 4.79 Å². The summed E-state index contributed by atoms with van der Waals surface area (Å²) in [6.45, 7) is 5.18. The van der Waals surface area contributed by atoms with Crippen LogP contribution in [-0.2, 0) is 4.79 Å². The molecule has 0 aliphatic carbocycles. The van der Waals surface area contributed by atoms with Gasteiger partial charge in [-0.15, -0.1) is 0 Å². The van der Waals surface area contributed by atoms with Crippen molar-refractivity contribution >= 4 is 40.6 Å². The van der Waals surface area contributed by atoms with E-state index < -0.39 is 0 Å². The Kier molecular flexibility index (Phi) is 4.54. The quantitative estimate of drug-likeness (QED) is 0.449. The number of rotatable bonds is 3. The third-order valence-corrected chi connectivity index (χ3v) is 3.84. The molecule has 1 aromatic rings. The molecule has 6 heteroatoms. The van der Waals surface area contributed by atoms with Gasteiger partial charge in [0.2, 0.25) is 5.91 Å². The summed E-state index contributed by atoms with van der Waals surface area (Å²) in [4.78, 5) is 11.7.